The van der Waals surface area contributed by atoms with Crippen molar-refractivity contribution in [3.63, 3.8) is 0 Å². The second-order valence-corrected chi connectivity index (χ2v) is 7.42. The predicted octanol–water partition coefficient (Wildman–Crippen LogP) is 0.877. The largest absolute Gasteiger partial charge is 0.399 e. The highest BCUT2D eigenvalue weighted by Crippen LogP contribution is 2.24. The van der Waals surface area contributed by atoms with Gasteiger partial charge in [0.25, 0.3) is 5.91 Å². The lowest BCUT2D eigenvalue weighted by Gasteiger charge is -2.13. The summed E-state index contributed by atoms with van der Waals surface area (Å²) in [7, 11) is -3.64. The van der Waals surface area contributed by atoms with Gasteiger partial charge in [0.15, 0.2) is 9.84 Å². The predicted molar refractivity (Wildman–Crippen MR) is 97.3 cm³/mol. The molecule has 25 heavy (non-hydrogen) atoms. The zero-order valence-corrected chi connectivity index (χ0v) is 14.4. The number of nitrogen functional groups attached to an aromatic ring is 1. The molecule has 2 aromatic rings. The molecule has 0 heterocycles. The molecule has 0 aromatic heterocycles. The molecule has 0 aliphatic heterocycles. The third kappa shape index (κ3) is 5.20. The lowest BCUT2D eigenvalue weighted by molar-refractivity contribution is 0.0955. The van der Waals surface area contributed by atoms with Crippen LogP contribution in [-0.4, -0.2) is 44.9 Å². The maximum Gasteiger partial charge on any atom is 0.251 e. The zero-order chi connectivity index (χ0) is 18.3. The molecule has 0 fully saturated rings. The van der Waals surface area contributed by atoms with Crippen molar-refractivity contribution in [2.45, 2.75) is 4.90 Å². The van der Waals surface area contributed by atoms with Crippen LogP contribution in [0.4, 0.5) is 11.4 Å². The van der Waals surface area contributed by atoms with Crippen LogP contribution >= 0.6 is 0 Å². The Balaban J connectivity index is 1.98. The molecule has 0 saturated heterocycles. The van der Waals surface area contributed by atoms with Crippen LogP contribution in [0, 0.1) is 0 Å². The number of nitrogens with one attached hydrogen (secondary N) is 2. The van der Waals surface area contributed by atoms with E-state index in [0.29, 0.717) is 30.0 Å². The lowest BCUT2D eigenvalue weighted by atomic mass is 10.2. The van der Waals surface area contributed by atoms with E-state index in [1.807, 2.05) is 6.07 Å². The molecule has 0 unspecified atom stereocenters. The number of aliphatic hydroxyl groups excluding tert-OH is 1. The van der Waals surface area contributed by atoms with Gasteiger partial charge in [0, 0.05) is 24.3 Å². The van der Waals surface area contributed by atoms with Crippen LogP contribution in [0.5, 0.6) is 0 Å². The summed E-state index contributed by atoms with van der Waals surface area (Å²) in [5, 5.41) is 14.7. The number of carbonyl (C=O) groups is 1. The topological polar surface area (TPSA) is 122 Å². The number of amides is 1. The Morgan fingerprint density at radius 3 is 2.48 bits per heavy atom. The molecule has 0 saturated carbocycles. The minimum atomic E-state index is -3.64. The number of anilines is 2. The fourth-order valence-corrected chi connectivity index (χ4v) is 3.49. The van der Waals surface area contributed by atoms with Gasteiger partial charge in [-0.2, -0.15) is 0 Å². The van der Waals surface area contributed by atoms with E-state index in [0.717, 1.165) is 0 Å². The average Bonchev–Trinajstić information content (AvgIpc) is 2.60. The average molecular weight is 363 g/mol. The second-order valence-electron chi connectivity index (χ2n) is 5.35. The SMILES string of the molecule is Nc1ccc(NCCNC(=O)c2ccccc2)c(S(=O)(=O)CCO)c1. The van der Waals surface area contributed by atoms with E-state index in [1.165, 1.54) is 6.07 Å². The summed E-state index contributed by atoms with van der Waals surface area (Å²) < 4.78 is 24.4. The van der Waals surface area contributed by atoms with Crippen LogP contribution in [0.15, 0.2) is 53.4 Å². The molecule has 0 atom stereocenters. The van der Waals surface area contributed by atoms with Crippen LogP contribution in [0.2, 0.25) is 0 Å². The van der Waals surface area contributed by atoms with Gasteiger partial charge in [-0.15, -0.1) is 0 Å². The molecular weight excluding hydrogens is 342 g/mol. The third-order valence-corrected chi connectivity index (χ3v) is 5.19. The number of benzene rings is 2. The standard InChI is InChI=1S/C17H21N3O4S/c18-14-6-7-15(16(12-14)25(23,24)11-10-21)19-8-9-20-17(22)13-4-2-1-3-5-13/h1-7,12,19,21H,8-11,18H2,(H,20,22). The van der Waals surface area contributed by atoms with Crippen LogP contribution in [0.25, 0.3) is 0 Å². The van der Waals surface area contributed by atoms with Crippen molar-refractivity contribution in [1.82, 2.24) is 5.32 Å². The van der Waals surface area contributed by atoms with Gasteiger partial charge in [0.05, 0.1) is 22.9 Å². The van der Waals surface area contributed by atoms with Gasteiger partial charge in [-0.1, -0.05) is 18.2 Å². The Hall–Kier alpha value is -2.58. The minimum Gasteiger partial charge on any atom is -0.399 e. The van der Waals surface area contributed by atoms with E-state index in [1.54, 1.807) is 36.4 Å². The summed E-state index contributed by atoms with van der Waals surface area (Å²) in [5.41, 5.74) is 6.93. The van der Waals surface area contributed by atoms with Crippen LogP contribution in [0.3, 0.4) is 0 Å². The first-order valence-corrected chi connectivity index (χ1v) is 9.39. The number of aliphatic hydroxyl groups is 1. The van der Waals surface area contributed by atoms with E-state index in [2.05, 4.69) is 10.6 Å². The minimum absolute atomic E-state index is 0.0379. The Morgan fingerprint density at radius 2 is 1.80 bits per heavy atom. The normalized spacial score (nSPS) is 11.1. The fraction of sp³-hybridized carbons (Fsp3) is 0.235. The fourth-order valence-electron chi connectivity index (χ4n) is 2.24. The highest BCUT2D eigenvalue weighted by Gasteiger charge is 2.18. The lowest BCUT2D eigenvalue weighted by Crippen LogP contribution is -2.29. The van der Waals surface area contributed by atoms with Crippen molar-refractivity contribution in [3.05, 3.63) is 54.1 Å². The molecule has 0 aliphatic rings. The summed E-state index contributed by atoms with van der Waals surface area (Å²) in [5.74, 6) is -0.580. The molecule has 1 amide bonds. The van der Waals surface area contributed by atoms with Gasteiger partial charge in [0.1, 0.15) is 0 Å². The number of sulfone groups is 1. The van der Waals surface area contributed by atoms with Gasteiger partial charge in [-0.25, -0.2) is 8.42 Å². The van der Waals surface area contributed by atoms with Gasteiger partial charge >= 0.3 is 0 Å². The van der Waals surface area contributed by atoms with E-state index < -0.39 is 16.4 Å². The van der Waals surface area contributed by atoms with Gasteiger partial charge in [0.2, 0.25) is 0 Å². The number of nitrogens with two attached hydrogens (primary N) is 1. The molecule has 5 N–H and O–H groups in total. The zero-order valence-electron chi connectivity index (χ0n) is 13.6. The number of rotatable bonds is 8. The number of hydrogen-bond donors (Lipinski definition) is 4. The highest BCUT2D eigenvalue weighted by molar-refractivity contribution is 7.91. The van der Waals surface area contributed by atoms with Crippen molar-refractivity contribution in [2.24, 2.45) is 0 Å². The van der Waals surface area contributed by atoms with Crippen molar-refractivity contribution < 1.29 is 18.3 Å². The smallest absolute Gasteiger partial charge is 0.251 e. The Morgan fingerprint density at radius 1 is 1.08 bits per heavy atom. The Bertz CT molecular complexity index is 823. The van der Waals surface area contributed by atoms with Crippen LogP contribution < -0.4 is 16.4 Å². The molecule has 0 aliphatic carbocycles. The summed E-state index contributed by atoms with van der Waals surface area (Å²) in [4.78, 5) is 12.0. The van der Waals surface area contributed by atoms with Crippen molar-refractivity contribution in [2.75, 3.05) is 36.5 Å². The molecule has 2 rings (SSSR count). The van der Waals surface area contributed by atoms with Crippen molar-refractivity contribution in [1.29, 1.82) is 0 Å². The van der Waals surface area contributed by atoms with E-state index >= 15 is 0 Å². The quantitative estimate of drug-likeness (QED) is 0.408. The van der Waals surface area contributed by atoms with Crippen LogP contribution in [-0.2, 0) is 9.84 Å². The van der Waals surface area contributed by atoms with Crippen molar-refractivity contribution in [3.8, 4) is 0 Å². The Kier molecular flexibility index (Phi) is 6.37. The molecule has 0 spiro atoms. The summed E-state index contributed by atoms with van der Waals surface area (Å²) in [6.07, 6.45) is 0. The highest BCUT2D eigenvalue weighted by atomic mass is 32.2. The maximum atomic E-state index is 12.2. The number of carbonyl (C=O) groups excluding carboxylic acids is 1. The Labute approximate surface area is 146 Å². The van der Waals surface area contributed by atoms with E-state index in [4.69, 9.17) is 10.8 Å². The first-order chi connectivity index (χ1) is 11.9. The molecule has 134 valence electrons. The monoisotopic (exact) mass is 363 g/mol. The molecule has 0 bridgehead atoms. The molecule has 0 radical (unpaired) electrons. The first-order valence-electron chi connectivity index (χ1n) is 7.74. The third-order valence-electron chi connectivity index (χ3n) is 3.46. The summed E-state index contributed by atoms with van der Waals surface area (Å²) in [6.45, 7) is 0.186. The molecular formula is C17H21N3O4S. The molecule has 2 aromatic carbocycles. The maximum absolute atomic E-state index is 12.2. The molecule has 7 nitrogen and oxygen atoms in total. The summed E-state index contributed by atoms with van der Waals surface area (Å²) >= 11 is 0. The summed E-state index contributed by atoms with van der Waals surface area (Å²) in [6, 6.07) is 13.3. The van der Waals surface area contributed by atoms with Crippen molar-refractivity contribution >= 4 is 27.1 Å². The van der Waals surface area contributed by atoms with E-state index in [9.17, 15) is 13.2 Å². The second kappa shape index (κ2) is 8.50. The number of hydrogen-bond acceptors (Lipinski definition) is 6. The van der Waals surface area contributed by atoms with Gasteiger partial charge in [-0.05, 0) is 30.3 Å². The molecule has 8 heteroatoms. The van der Waals surface area contributed by atoms with E-state index in [-0.39, 0.29) is 16.6 Å². The van der Waals surface area contributed by atoms with Gasteiger partial charge < -0.3 is 21.5 Å². The van der Waals surface area contributed by atoms with Gasteiger partial charge in [-0.3, -0.25) is 4.79 Å². The van der Waals surface area contributed by atoms with Crippen LogP contribution in [0.1, 0.15) is 10.4 Å². The first kappa shape index (κ1) is 18.8.